The quantitative estimate of drug-likeness (QED) is 0.787. The Morgan fingerprint density at radius 2 is 1.81 bits per heavy atom. The Kier molecular flexibility index (Phi) is 6.09. The highest BCUT2D eigenvalue weighted by atomic mass is 19.1. The van der Waals surface area contributed by atoms with Gasteiger partial charge in [0.15, 0.2) is 0 Å². The lowest BCUT2D eigenvalue weighted by Gasteiger charge is -2.38. The molecule has 2 fully saturated rings. The summed E-state index contributed by atoms with van der Waals surface area (Å²) in [5.41, 5.74) is 1.62. The maximum atomic E-state index is 14.3. The minimum atomic E-state index is -0.517. The van der Waals surface area contributed by atoms with Crippen molar-refractivity contribution >= 4 is 5.91 Å². The number of aromatic amines is 1. The molecule has 1 atom stereocenters. The molecule has 7 heteroatoms. The number of H-pyrrole nitrogens is 1. The van der Waals surface area contributed by atoms with Gasteiger partial charge in [-0.2, -0.15) is 0 Å². The van der Waals surface area contributed by atoms with Crippen molar-refractivity contribution in [1.29, 1.82) is 0 Å². The van der Waals surface area contributed by atoms with Crippen molar-refractivity contribution < 1.29 is 9.18 Å². The van der Waals surface area contributed by atoms with Crippen LogP contribution in [-0.2, 0) is 13.0 Å². The average molecular weight is 439 g/mol. The number of carbonyl (C=O) groups is 1. The van der Waals surface area contributed by atoms with E-state index in [-0.39, 0.29) is 23.1 Å². The molecule has 170 valence electrons. The van der Waals surface area contributed by atoms with Crippen molar-refractivity contribution in [2.75, 3.05) is 13.1 Å². The van der Waals surface area contributed by atoms with E-state index in [0.717, 1.165) is 37.1 Å². The predicted octanol–water partition coefficient (Wildman–Crippen LogP) is 3.97. The van der Waals surface area contributed by atoms with Crippen LogP contribution in [0.15, 0.2) is 29.1 Å². The Balaban J connectivity index is 1.43. The molecule has 0 spiro atoms. The van der Waals surface area contributed by atoms with Gasteiger partial charge in [0.1, 0.15) is 11.6 Å². The molecule has 1 unspecified atom stereocenters. The van der Waals surface area contributed by atoms with Gasteiger partial charge in [-0.15, -0.1) is 0 Å². The van der Waals surface area contributed by atoms with Crippen LogP contribution in [0.25, 0.3) is 0 Å². The van der Waals surface area contributed by atoms with Crippen molar-refractivity contribution in [2.24, 2.45) is 0 Å². The number of amides is 1. The monoisotopic (exact) mass is 438 g/mol. The Morgan fingerprint density at radius 3 is 2.62 bits per heavy atom. The number of piperidine rings is 1. The van der Waals surface area contributed by atoms with E-state index in [2.05, 4.69) is 9.88 Å². The van der Waals surface area contributed by atoms with E-state index in [1.807, 2.05) is 0 Å². The first-order chi connectivity index (χ1) is 15.6. The first-order valence-corrected chi connectivity index (χ1v) is 12.0. The van der Waals surface area contributed by atoms with Crippen molar-refractivity contribution in [3.63, 3.8) is 0 Å². The SMILES string of the molecule is O=C(c1ccccc1F)N1CCCCC1c1nc2c(c(=O)[nH]1)CCN(C1CCCCC1)C2. The highest BCUT2D eigenvalue weighted by molar-refractivity contribution is 5.94. The molecule has 1 aromatic carbocycles. The second-order valence-electron chi connectivity index (χ2n) is 9.38. The minimum absolute atomic E-state index is 0.0724. The summed E-state index contributed by atoms with van der Waals surface area (Å²) in [7, 11) is 0. The molecule has 1 amide bonds. The first-order valence-electron chi connectivity index (χ1n) is 12.0. The third-order valence-corrected chi connectivity index (χ3v) is 7.40. The highest BCUT2D eigenvalue weighted by Crippen LogP contribution is 2.32. The highest BCUT2D eigenvalue weighted by Gasteiger charge is 2.33. The molecular formula is C25H31FN4O2. The smallest absolute Gasteiger partial charge is 0.257 e. The maximum Gasteiger partial charge on any atom is 0.257 e. The third-order valence-electron chi connectivity index (χ3n) is 7.40. The lowest BCUT2D eigenvalue weighted by molar-refractivity contribution is 0.0593. The van der Waals surface area contributed by atoms with Crippen LogP contribution in [0.3, 0.4) is 0 Å². The van der Waals surface area contributed by atoms with Gasteiger partial charge in [-0.1, -0.05) is 31.4 Å². The summed E-state index contributed by atoms with van der Waals surface area (Å²) in [4.78, 5) is 38.2. The van der Waals surface area contributed by atoms with Crippen LogP contribution in [0, 0.1) is 5.82 Å². The van der Waals surface area contributed by atoms with Gasteiger partial charge in [-0.05, 0) is 50.7 Å². The molecule has 1 saturated heterocycles. The minimum Gasteiger partial charge on any atom is -0.328 e. The molecule has 1 N–H and O–H groups in total. The average Bonchev–Trinajstić information content (AvgIpc) is 2.84. The molecule has 5 rings (SSSR count). The Labute approximate surface area is 187 Å². The molecule has 1 aromatic heterocycles. The third kappa shape index (κ3) is 4.10. The molecule has 6 nitrogen and oxygen atoms in total. The van der Waals surface area contributed by atoms with Gasteiger partial charge >= 0.3 is 0 Å². The first kappa shape index (κ1) is 21.3. The van der Waals surface area contributed by atoms with E-state index in [4.69, 9.17) is 4.98 Å². The summed E-state index contributed by atoms with van der Waals surface area (Å²) in [6.07, 6.45) is 9.55. The van der Waals surface area contributed by atoms with Crippen molar-refractivity contribution in [1.82, 2.24) is 19.8 Å². The molecule has 3 aliphatic rings. The van der Waals surface area contributed by atoms with Crippen LogP contribution < -0.4 is 5.56 Å². The number of benzene rings is 1. The zero-order chi connectivity index (χ0) is 22.1. The van der Waals surface area contributed by atoms with Crippen molar-refractivity contribution in [3.05, 3.63) is 63.1 Å². The molecule has 1 saturated carbocycles. The maximum absolute atomic E-state index is 14.3. The summed E-state index contributed by atoms with van der Waals surface area (Å²) in [6.45, 7) is 2.14. The molecule has 0 radical (unpaired) electrons. The number of halogens is 1. The number of hydrogen-bond acceptors (Lipinski definition) is 4. The molecule has 2 aliphatic heterocycles. The van der Waals surface area contributed by atoms with E-state index in [9.17, 15) is 14.0 Å². The number of aromatic nitrogens is 2. The number of fused-ring (bicyclic) bond motifs is 1. The fraction of sp³-hybridized carbons (Fsp3) is 0.560. The molecule has 0 bridgehead atoms. The lowest BCUT2D eigenvalue weighted by Crippen LogP contribution is -2.44. The fourth-order valence-electron chi connectivity index (χ4n) is 5.64. The molecule has 3 heterocycles. The predicted molar refractivity (Wildman–Crippen MR) is 120 cm³/mol. The van der Waals surface area contributed by atoms with Crippen LogP contribution in [0.2, 0.25) is 0 Å². The van der Waals surface area contributed by atoms with Gasteiger partial charge in [0.05, 0.1) is 17.3 Å². The van der Waals surface area contributed by atoms with Gasteiger partial charge in [0, 0.05) is 31.2 Å². The zero-order valence-corrected chi connectivity index (χ0v) is 18.5. The van der Waals surface area contributed by atoms with Gasteiger partial charge in [-0.3, -0.25) is 14.5 Å². The Morgan fingerprint density at radius 1 is 1.03 bits per heavy atom. The fourth-order valence-corrected chi connectivity index (χ4v) is 5.64. The van der Waals surface area contributed by atoms with Crippen LogP contribution in [-0.4, -0.2) is 44.8 Å². The van der Waals surface area contributed by atoms with E-state index in [1.54, 1.807) is 17.0 Å². The van der Waals surface area contributed by atoms with Gasteiger partial charge in [0.25, 0.3) is 11.5 Å². The zero-order valence-electron chi connectivity index (χ0n) is 18.5. The number of likely N-dealkylation sites (tertiary alicyclic amines) is 1. The molecule has 1 aliphatic carbocycles. The molecule has 32 heavy (non-hydrogen) atoms. The van der Waals surface area contributed by atoms with Crippen LogP contribution >= 0.6 is 0 Å². The Hall–Kier alpha value is -2.54. The summed E-state index contributed by atoms with van der Waals surface area (Å²) < 4.78 is 14.3. The normalized spacial score (nSPS) is 22.5. The number of hydrogen-bond donors (Lipinski definition) is 1. The van der Waals surface area contributed by atoms with Gasteiger partial charge in [-0.25, -0.2) is 9.37 Å². The Bertz CT molecular complexity index is 1050. The van der Waals surface area contributed by atoms with E-state index in [0.29, 0.717) is 31.4 Å². The van der Waals surface area contributed by atoms with E-state index >= 15 is 0 Å². The second-order valence-corrected chi connectivity index (χ2v) is 9.38. The molecular weight excluding hydrogens is 407 g/mol. The number of carbonyl (C=O) groups excluding carboxylic acids is 1. The number of nitrogens with one attached hydrogen (secondary N) is 1. The van der Waals surface area contributed by atoms with Gasteiger partial charge < -0.3 is 9.88 Å². The van der Waals surface area contributed by atoms with Crippen LogP contribution in [0.5, 0.6) is 0 Å². The standard InChI is InChI=1S/C25H31FN4O2/c26-20-11-5-4-10-18(20)25(32)30-14-7-6-12-22(30)23-27-21-16-29(17-8-2-1-3-9-17)15-13-19(21)24(31)28-23/h4-5,10-11,17,22H,1-3,6-9,12-16H2,(H,27,28,31). The summed E-state index contributed by atoms with van der Waals surface area (Å²) >= 11 is 0. The van der Waals surface area contributed by atoms with Crippen molar-refractivity contribution in [3.8, 4) is 0 Å². The van der Waals surface area contributed by atoms with Crippen LogP contribution in [0.1, 0.15) is 84.8 Å². The second kappa shape index (κ2) is 9.14. The van der Waals surface area contributed by atoms with Crippen molar-refractivity contribution in [2.45, 2.75) is 76.4 Å². The van der Waals surface area contributed by atoms with E-state index in [1.165, 1.54) is 44.2 Å². The number of rotatable bonds is 3. The summed E-state index contributed by atoms with van der Waals surface area (Å²) in [5.74, 6) is -0.308. The van der Waals surface area contributed by atoms with E-state index < -0.39 is 5.82 Å². The lowest BCUT2D eigenvalue weighted by atomic mass is 9.92. The largest absolute Gasteiger partial charge is 0.328 e. The van der Waals surface area contributed by atoms with Crippen LogP contribution in [0.4, 0.5) is 4.39 Å². The molecule has 2 aromatic rings. The number of nitrogens with zero attached hydrogens (tertiary/aromatic N) is 3. The summed E-state index contributed by atoms with van der Waals surface area (Å²) in [6, 6.07) is 6.34. The topological polar surface area (TPSA) is 69.3 Å². The van der Waals surface area contributed by atoms with Gasteiger partial charge in [0.2, 0.25) is 0 Å². The summed E-state index contributed by atoms with van der Waals surface area (Å²) in [5, 5.41) is 0.